The monoisotopic (exact) mass is 350 g/mol. The highest BCUT2D eigenvalue weighted by Gasteiger charge is 2.36. The minimum Gasteiger partial charge on any atom is -0.394 e. The molecule has 0 unspecified atom stereocenters. The number of aliphatic hydroxyl groups excluding tert-OH is 1. The number of imidazole rings is 1. The van der Waals surface area contributed by atoms with Crippen LogP contribution in [0.4, 0.5) is 5.82 Å². The van der Waals surface area contributed by atoms with Gasteiger partial charge in [-0.2, -0.15) is 9.97 Å². The predicted octanol–water partition coefficient (Wildman–Crippen LogP) is 2.01. The fraction of sp³-hybridized carbons (Fsp3) is 0.615. The number of aromatic nitrogens is 4. The maximum Gasteiger partial charge on any atom is 0.226 e. The molecule has 1 saturated heterocycles. The number of hydrogen-bond acceptors (Lipinski definition) is 7. The first-order valence-corrected chi connectivity index (χ1v) is 8.04. The third-order valence-corrected chi connectivity index (χ3v) is 4.38. The second kappa shape index (κ2) is 6.06. The molecule has 0 aromatic carbocycles. The van der Waals surface area contributed by atoms with Crippen molar-refractivity contribution in [2.45, 2.75) is 43.7 Å². The Bertz CT molecular complexity index is 816. The number of azide groups is 1. The third kappa shape index (κ3) is 2.73. The van der Waals surface area contributed by atoms with E-state index in [0.717, 1.165) is 12.8 Å². The Labute approximate surface area is 141 Å². The highest BCUT2D eigenvalue weighted by atomic mass is 35.5. The van der Waals surface area contributed by atoms with E-state index in [1.807, 2.05) is 0 Å². The van der Waals surface area contributed by atoms with Gasteiger partial charge >= 0.3 is 0 Å². The molecule has 0 radical (unpaired) electrons. The van der Waals surface area contributed by atoms with Gasteiger partial charge in [0.2, 0.25) is 5.28 Å². The predicted molar refractivity (Wildman–Crippen MR) is 85.5 cm³/mol. The molecule has 10 nitrogen and oxygen atoms in total. The molecule has 1 aliphatic heterocycles. The van der Waals surface area contributed by atoms with Crippen LogP contribution in [0.15, 0.2) is 11.4 Å². The zero-order valence-electron chi connectivity index (χ0n) is 12.6. The standard InChI is InChI=1S/C13H15ClN8O2/c14-13-18-11(17-6-1-2-6)10-12(19-13)22(5-16-10)9-3-7(20-21-15)8(4-23)24-9/h5-9,23H,1-4H2,(H,17,18,19)/t7-,8+,9+/m0/s1. The molecule has 2 fully saturated rings. The van der Waals surface area contributed by atoms with E-state index in [0.29, 0.717) is 29.4 Å². The maximum absolute atomic E-state index is 9.40. The highest BCUT2D eigenvalue weighted by Crippen LogP contribution is 2.34. The first-order chi connectivity index (χ1) is 11.7. The van der Waals surface area contributed by atoms with E-state index in [1.165, 1.54) is 0 Å². The van der Waals surface area contributed by atoms with Crippen LogP contribution in [0.2, 0.25) is 5.28 Å². The smallest absolute Gasteiger partial charge is 0.226 e. The lowest BCUT2D eigenvalue weighted by Crippen LogP contribution is -2.22. The molecule has 2 aromatic rings. The summed E-state index contributed by atoms with van der Waals surface area (Å²) in [5, 5.41) is 16.5. The summed E-state index contributed by atoms with van der Waals surface area (Å²) in [4.78, 5) is 15.7. The molecule has 2 aromatic heterocycles. The number of nitrogens with zero attached hydrogens (tertiary/aromatic N) is 7. The van der Waals surface area contributed by atoms with Crippen molar-refractivity contribution >= 4 is 28.6 Å². The topological polar surface area (TPSA) is 134 Å². The van der Waals surface area contributed by atoms with Gasteiger partial charge in [-0.25, -0.2) is 4.98 Å². The van der Waals surface area contributed by atoms with Gasteiger partial charge in [0.05, 0.1) is 25.1 Å². The van der Waals surface area contributed by atoms with Crippen molar-refractivity contribution in [1.29, 1.82) is 0 Å². The molecule has 0 spiro atoms. The van der Waals surface area contributed by atoms with Crippen LogP contribution in [0, 0.1) is 0 Å². The molecule has 4 rings (SSSR count). The van der Waals surface area contributed by atoms with Gasteiger partial charge in [-0.05, 0) is 30.0 Å². The molecule has 0 bridgehead atoms. The van der Waals surface area contributed by atoms with Gasteiger partial charge in [0.1, 0.15) is 6.23 Å². The van der Waals surface area contributed by atoms with Crippen LogP contribution in [0.25, 0.3) is 21.6 Å². The quantitative estimate of drug-likeness (QED) is 0.366. The lowest BCUT2D eigenvalue weighted by Gasteiger charge is -2.14. The Morgan fingerprint density at radius 1 is 1.50 bits per heavy atom. The number of hydrogen-bond donors (Lipinski definition) is 2. The summed E-state index contributed by atoms with van der Waals surface area (Å²) in [5.74, 6) is 0.606. The lowest BCUT2D eigenvalue weighted by atomic mass is 10.1. The van der Waals surface area contributed by atoms with E-state index in [2.05, 4.69) is 30.3 Å². The summed E-state index contributed by atoms with van der Waals surface area (Å²) in [6.45, 7) is -0.225. The first-order valence-electron chi connectivity index (χ1n) is 7.66. The largest absolute Gasteiger partial charge is 0.394 e. The van der Waals surface area contributed by atoms with Gasteiger partial charge < -0.3 is 15.2 Å². The third-order valence-electron chi connectivity index (χ3n) is 4.21. The van der Waals surface area contributed by atoms with E-state index in [4.69, 9.17) is 21.9 Å². The van der Waals surface area contributed by atoms with Crippen LogP contribution >= 0.6 is 11.6 Å². The molecule has 1 saturated carbocycles. The van der Waals surface area contributed by atoms with Crippen LogP contribution in [0.1, 0.15) is 25.5 Å². The molecule has 1 aliphatic carbocycles. The number of fused-ring (bicyclic) bond motifs is 1. The van der Waals surface area contributed by atoms with Crippen molar-refractivity contribution in [2.75, 3.05) is 11.9 Å². The zero-order valence-corrected chi connectivity index (χ0v) is 13.3. The van der Waals surface area contributed by atoms with E-state index in [1.54, 1.807) is 10.9 Å². The summed E-state index contributed by atoms with van der Waals surface area (Å²) in [7, 11) is 0. The molecule has 3 heterocycles. The summed E-state index contributed by atoms with van der Waals surface area (Å²) in [6.07, 6.45) is 3.23. The van der Waals surface area contributed by atoms with Crippen LogP contribution < -0.4 is 5.32 Å². The Morgan fingerprint density at radius 3 is 3.04 bits per heavy atom. The van der Waals surface area contributed by atoms with Gasteiger partial charge in [-0.3, -0.25) is 4.57 Å². The average molecular weight is 351 g/mol. The fourth-order valence-electron chi connectivity index (χ4n) is 2.86. The van der Waals surface area contributed by atoms with Crippen molar-refractivity contribution in [3.8, 4) is 0 Å². The minimum absolute atomic E-state index is 0.121. The van der Waals surface area contributed by atoms with Gasteiger partial charge in [0.25, 0.3) is 0 Å². The number of nitrogens with one attached hydrogen (secondary N) is 1. The lowest BCUT2D eigenvalue weighted by molar-refractivity contribution is -0.0232. The summed E-state index contributed by atoms with van der Waals surface area (Å²) >= 11 is 6.05. The average Bonchev–Trinajstić information content (AvgIpc) is 3.13. The molecular weight excluding hydrogens is 336 g/mol. The molecule has 2 aliphatic rings. The summed E-state index contributed by atoms with van der Waals surface area (Å²) in [5.41, 5.74) is 9.80. The van der Waals surface area contributed by atoms with Crippen molar-refractivity contribution < 1.29 is 9.84 Å². The molecule has 3 atom stereocenters. The van der Waals surface area contributed by atoms with Crippen molar-refractivity contribution in [3.05, 3.63) is 22.1 Å². The SMILES string of the molecule is [N-]=[N+]=N[C@H]1C[C@H](n2cnc3c(NC4CC4)nc(Cl)nc32)O[C@@H]1CO. The van der Waals surface area contributed by atoms with Gasteiger partial charge in [-0.15, -0.1) is 0 Å². The Morgan fingerprint density at radius 2 is 2.33 bits per heavy atom. The van der Waals surface area contributed by atoms with Crippen LogP contribution in [0.5, 0.6) is 0 Å². The maximum atomic E-state index is 9.40. The Kier molecular flexibility index (Phi) is 3.89. The van der Waals surface area contributed by atoms with Gasteiger partial charge in [0.15, 0.2) is 17.0 Å². The molecule has 2 N–H and O–H groups in total. The minimum atomic E-state index is -0.551. The Hall–Kier alpha value is -2.13. The number of rotatable bonds is 5. The van der Waals surface area contributed by atoms with E-state index >= 15 is 0 Å². The van der Waals surface area contributed by atoms with Crippen molar-refractivity contribution in [3.63, 3.8) is 0 Å². The highest BCUT2D eigenvalue weighted by molar-refractivity contribution is 6.28. The number of anilines is 1. The van der Waals surface area contributed by atoms with E-state index in [9.17, 15) is 5.11 Å². The van der Waals surface area contributed by atoms with Crippen molar-refractivity contribution in [1.82, 2.24) is 19.5 Å². The van der Waals surface area contributed by atoms with Crippen LogP contribution in [0.3, 0.4) is 0 Å². The fourth-order valence-corrected chi connectivity index (χ4v) is 3.02. The van der Waals surface area contributed by atoms with Crippen LogP contribution in [-0.2, 0) is 4.74 Å². The molecule has 11 heteroatoms. The normalized spacial score (nSPS) is 26.5. The van der Waals surface area contributed by atoms with Gasteiger partial charge in [-0.1, -0.05) is 5.11 Å². The molecule has 0 amide bonds. The van der Waals surface area contributed by atoms with Gasteiger partial charge in [0, 0.05) is 17.4 Å². The van der Waals surface area contributed by atoms with Crippen LogP contribution in [-0.4, -0.2) is 49.4 Å². The Balaban J connectivity index is 1.69. The number of aliphatic hydroxyl groups is 1. The van der Waals surface area contributed by atoms with E-state index in [-0.39, 0.29) is 11.9 Å². The molecular formula is C13H15ClN8O2. The summed E-state index contributed by atoms with van der Waals surface area (Å²) < 4.78 is 7.52. The first kappa shape index (κ1) is 15.4. The van der Waals surface area contributed by atoms with E-state index < -0.39 is 18.4 Å². The second-order valence-corrected chi connectivity index (χ2v) is 6.24. The number of ether oxygens (including phenoxy) is 1. The summed E-state index contributed by atoms with van der Waals surface area (Å²) in [6, 6.07) is -0.0380. The zero-order chi connectivity index (χ0) is 16.7. The number of halogens is 1. The molecule has 126 valence electrons. The molecule has 24 heavy (non-hydrogen) atoms. The van der Waals surface area contributed by atoms with Crippen molar-refractivity contribution in [2.24, 2.45) is 5.11 Å². The second-order valence-electron chi connectivity index (χ2n) is 5.90.